The summed E-state index contributed by atoms with van der Waals surface area (Å²) in [6.45, 7) is 0.512. The van der Waals surface area contributed by atoms with Crippen molar-refractivity contribution in [1.82, 2.24) is 14.5 Å². The van der Waals surface area contributed by atoms with Crippen molar-refractivity contribution in [3.8, 4) is 0 Å². The van der Waals surface area contributed by atoms with Gasteiger partial charge in [0.1, 0.15) is 36.4 Å². The summed E-state index contributed by atoms with van der Waals surface area (Å²) in [5, 5.41) is 24.4. The normalized spacial score (nSPS) is 29.9. The van der Waals surface area contributed by atoms with Gasteiger partial charge in [0.15, 0.2) is 6.23 Å². The van der Waals surface area contributed by atoms with Crippen LogP contribution in [0.1, 0.15) is 31.9 Å². The summed E-state index contributed by atoms with van der Waals surface area (Å²) in [6.07, 6.45) is -3.24. The quantitative estimate of drug-likeness (QED) is 0.189. The number of hydrogen-bond acceptors (Lipinski definition) is 9. The van der Waals surface area contributed by atoms with Crippen molar-refractivity contribution in [1.29, 1.82) is 0 Å². The van der Waals surface area contributed by atoms with E-state index in [1.165, 1.54) is 4.57 Å². The third-order valence-electron chi connectivity index (χ3n) is 5.64. The molecule has 0 spiro atoms. The number of aliphatic hydroxyl groups excluding tert-OH is 2. The first-order valence-electron chi connectivity index (χ1n) is 10.2. The summed E-state index contributed by atoms with van der Waals surface area (Å²) < 4.78 is 49.5. The van der Waals surface area contributed by atoms with Gasteiger partial charge in [0.2, 0.25) is 11.2 Å². The summed E-state index contributed by atoms with van der Waals surface area (Å²) in [5.41, 5.74) is 0.293. The predicted molar refractivity (Wildman–Crippen MR) is 112 cm³/mol. The molecule has 5 atom stereocenters. The van der Waals surface area contributed by atoms with E-state index in [4.69, 9.17) is 21.2 Å². The standard InChI is InChI=1S/C18H24ClF2N4O7P/c1-33(28,29)32-30-8-11-12(26)13(27)16(31-11)25-7-4-10-14(23-17(19)24-15(10)25)22-9-2-5-18(20,21)6-3-9/h4,7,9,11-13,16,26-27H,2-3,5-6,8H2,1H3,(H,28,29)(H,22,23,24)/t11-,12-,13-,16-/m1/s1. The van der Waals surface area contributed by atoms with E-state index in [2.05, 4.69) is 24.8 Å². The minimum Gasteiger partial charge on any atom is -0.387 e. The van der Waals surface area contributed by atoms with E-state index in [1.807, 2.05) is 0 Å². The van der Waals surface area contributed by atoms with Crippen molar-refractivity contribution in [3.05, 3.63) is 17.5 Å². The Kier molecular flexibility index (Phi) is 6.96. The van der Waals surface area contributed by atoms with Gasteiger partial charge in [-0.2, -0.15) is 4.98 Å². The molecule has 2 aromatic rings. The fourth-order valence-electron chi connectivity index (χ4n) is 3.99. The van der Waals surface area contributed by atoms with Crippen LogP contribution in [0.3, 0.4) is 0 Å². The number of ether oxygens (including phenoxy) is 1. The Morgan fingerprint density at radius 3 is 2.70 bits per heavy atom. The molecular formula is C18H24ClF2N4O7P. The number of aromatic nitrogens is 3. The summed E-state index contributed by atoms with van der Waals surface area (Å²) in [4.78, 5) is 22.2. The molecule has 4 N–H and O–H groups in total. The van der Waals surface area contributed by atoms with Crippen molar-refractivity contribution >= 4 is 36.0 Å². The first kappa shape index (κ1) is 24.7. The van der Waals surface area contributed by atoms with Crippen molar-refractivity contribution in [3.63, 3.8) is 0 Å². The number of halogens is 3. The molecule has 0 amide bonds. The van der Waals surface area contributed by atoms with Gasteiger partial charge < -0.3 is 29.7 Å². The number of aliphatic hydroxyl groups is 2. The highest BCUT2D eigenvalue weighted by Crippen LogP contribution is 2.39. The Balaban J connectivity index is 1.52. The summed E-state index contributed by atoms with van der Waals surface area (Å²) in [6, 6.07) is 1.44. The highest BCUT2D eigenvalue weighted by atomic mass is 35.5. The molecule has 11 nitrogen and oxygen atoms in total. The van der Waals surface area contributed by atoms with Crippen LogP contribution >= 0.6 is 19.2 Å². The second-order valence-corrected chi connectivity index (χ2v) is 10.4. The zero-order valence-electron chi connectivity index (χ0n) is 17.5. The lowest BCUT2D eigenvalue weighted by Gasteiger charge is -2.29. The molecule has 0 aromatic carbocycles. The molecule has 4 rings (SSSR count). The Morgan fingerprint density at radius 2 is 2.03 bits per heavy atom. The fourth-order valence-corrected chi connectivity index (χ4v) is 4.41. The smallest absolute Gasteiger partial charge is 0.352 e. The number of alkyl halides is 2. The van der Waals surface area contributed by atoms with Gasteiger partial charge in [0, 0.05) is 31.7 Å². The highest BCUT2D eigenvalue weighted by Gasteiger charge is 2.45. The van der Waals surface area contributed by atoms with E-state index in [1.54, 1.807) is 12.3 Å². The molecule has 1 saturated heterocycles. The topological polar surface area (TPSA) is 148 Å². The van der Waals surface area contributed by atoms with Crippen molar-refractivity contribution in [2.75, 3.05) is 18.6 Å². The van der Waals surface area contributed by atoms with Crippen LogP contribution in [0.25, 0.3) is 11.0 Å². The molecule has 3 heterocycles. The highest BCUT2D eigenvalue weighted by molar-refractivity contribution is 7.51. The van der Waals surface area contributed by atoms with Crippen LogP contribution in [0.15, 0.2) is 12.3 Å². The SMILES string of the molecule is CP(=O)(O)OOC[C@H]1O[C@@H](n2ccc3c(NC4CCC(F)(F)CC4)nc(Cl)nc32)[C@H](O)[C@@H]1O. The molecule has 33 heavy (non-hydrogen) atoms. The molecule has 2 aliphatic rings. The summed E-state index contributed by atoms with van der Waals surface area (Å²) in [7, 11) is -3.89. The Hall–Kier alpha value is -1.44. The van der Waals surface area contributed by atoms with Crippen molar-refractivity contribution in [2.24, 2.45) is 0 Å². The monoisotopic (exact) mass is 512 g/mol. The minimum absolute atomic E-state index is 0.103. The number of rotatable bonds is 7. The van der Waals surface area contributed by atoms with Gasteiger partial charge in [-0.1, -0.05) is 0 Å². The molecule has 1 aliphatic carbocycles. The number of nitrogens with one attached hydrogen (secondary N) is 1. The molecule has 2 fully saturated rings. The predicted octanol–water partition coefficient (Wildman–Crippen LogP) is 2.46. The largest absolute Gasteiger partial charge is 0.387 e. The van der Waals surface area contributed by atoms with E-state index in [0.29, 0.717) is 16.9 Å². The molecular weight excluding hydrogens is 489 g/mol. The number of anilines is 1. The van der Waals surface area contributed by atoms with E-state index < -0.39 is 44.7 Å². The third kappa shape index (κ3) is 5.63. The van der Waals surface area contributed by atoms with Crippen LogP contribution < -0.4 is 5.32 Å². The maximum atomic E-state index is 13.5. The zero-order valence-corrected chi connectivity index (χ0v) is 19.1. The average molecular weight is 513 g/mol. The number of nitrogens with zero attached hydrogens (tertiary/aromatic N) is 3. The fraction of sp³-hybridized carbons (Fsp3) is 0.667. The molecule has 1 unspecified atom stereocenters. The molecule has 15 heteroatoms. The van der Waals surface area contributed by atoms with Gasteiger partial charge in [-0.05, 0) is 30.5 Å². The van der Waals surface area contributed by atoms with E-state index in [-0.39, 0.29) is 37.0 Å². The second kappa shape index (κ2) is 9.31. The summed E-state index contributed by atoms with van der Waals surface area (Å²) >= 11 is 6.09. The second-order valence-electron chi connectivity index (χ2n) is 8.28. The maximum Gasteiger partial charge on any atom is 0.352 e. The van der Waals surface area contributed by atoms with Gasteiger partial charge in [-0.3, -0.25) is 4.57 Å². The molecule has 2 aromatic heterocycles. The van der Waals surface area contributed by atoms with Crippen molar-refractivity contribution < 1.29 is 42.8 Å². The first-order valence-corrected chi connectivity index (χ1v) is 12.7. The number of hydrogen-bond donors (Lipinski definition) is 4. The van der Waals surface area contributed by atoms with Crippen LogP contribution in [0.2, 0.25) is 5.28 Å². The van der Waals surface area contributed by atoms with Crippen LogP contribution in [-0.2, 0) is 18.9 Å². The lowest BCUT2D eigenvalue weighted by Crippen LogP contribution is -2.33. The van der Waals surface area contributed by atoms with E-state index in [9.17, 15) is 23.6 Å². The minimum atomic E-state index is -3.89. The van der Waals surface area contributed by atoms with Crippen molar-refractivity contribution in [2.45, 2.75) is 62.2 Å². The summed E-state index contributed by atoms with van der Waals surface area (Å²) in [5.74, 6) is -2.30. The van der Waals surface area contributed by atoms with Crippen LogP contribution in [0, 0.1) is 0 Å². The van der Waals surface area contributed by atoms with E-state index >= 15 is 0 Å². The van der Waals surface area contributed by atoms with E-state index in [0.717, 1.165) is 6.66 Å². The third-order valence-corrected chi connectivity index (χ3v) is 6.19. The Morgan fingerprint density at radius 1 is 1.33 bits per heavy atom. The Labute approximate surface area is 192 Å². The maximum absolute atomic E-state index is 13.5. The van der Waals surface area contributed by atoms with Crippen LogP contribution in [-0.4, -0.2) is 73.2 Å². The molecule has 184 valence electrons. The first-order chi connectivity index (χ1) is 15.4. The van der Waals surface area contributed by atoms with Crippen LogP contribution in [0.4, 0.5) is 14.6 Å². The van der Waals surface area contributed by atoms with Crippen LogP contribution in [0.5, 0.6) is 0 Å². The molecule has 0 radical (unpaired) electrons. The Bertz CT molecular complexity index is 1040. The molecule has 1 saturated carbocycles. The lowest BCUT2D eigenvalue weighted by atomic mass is 9.92. The molecule has 1 aliphatic heterocycles. The zero-order chi connectivity index (χ0) is 24.0. The van der Waals surface area contributed by atoms with Gasteiger partial charge in [0.05, 0.1) is 5.39 Å². The lowest BCUT2D eigenvalue weighted by molar-refractivity contribution is -0.238. The van der Waals surface area contributed by atoms with Gasteiger partial charge in [-0.15, -0.1) is 4.67 Å². The molecule has 0 bridgehead atoms. The number of fused-ring (bicyclic) bond motifs is 1. The van der Waals surface area contributed by atoms with Gasteiger partial charge in [-0.25, -0.2) is 18.7 Å². The van der Waals surface area contributed by atoms with Gasteiger partial charge in [0.25, 0.3) is 0 Å². The van der Waals surface area contributed by atoms with Gasteiger partial charge >= 0.3 is 7.60 Å². The average Bonchev–Trinajstić information content (AvgIpc) is 3.25.